The molecule has 2 radical (unpaired) electrons. The maximum atomic E-state index is 10.7. The van der Waals surface area contributed by atoms with Crippen LogP contribution in [0, 0.1) is 58.6 Å². The molecule has 0 saturated heterocycles. The summed E-state index contributed by atoms with van der Waals surface area (Å²) in [7, 11) is -3.84. The Morgan fingerprint density at radius 1 is 0.444 bits per heavy atom. The number of aryl methyl sites for hydroxylation is 5. The first-order valence-corrected chi connectivity index (χ1v) is 31.1. The van der Waals surface area contributed by atoms with Gasteiger partial charge in [0, 0.05) is 136 Å². The number of fused-ring (bicyclic) bond motifs is 6. The second-order valence-corrected chi connectivity index (χ2v) is 22.6. The van der Waals surface area contributed by atoms with Crippen molar-refractivity contribution < 1.29 is 102 Å². The predicted octanol–water partition coefficient (Wildman–Crippen LogP) is 18.9. The van der Waals surface area contributed by atoms with E-state index in [1.807, 2.05) is 156 Å². The molecule has 0 saturated carbocycles. The number of nitrogens with zero attached hydrogens (tertiary/aromatic N) is 7. The van der Waals surface area contributed by atoms with E-state index < -0.39 is 43.0 Å². The number of halogens is 3. The number of alkyl halides is 3. The van der Waals surface area contributed by atoms with Crippen LogP contribution < -0.4 is 0 Å². The summed E-state index contributed by atoms with van der Waals surface area (Å²) in [6.07, 6.45) is 11.3. The van der Waals surface area contributed by atoms with Crippen molar-refractivity contribution in [3.05, 3.63) is 283 Å². The number of furan rings is 2. The Bertz CT molecular complexity index is 5090. The third-order valence-corrected chi connectivity index (χ3v) is 14.4. The molecule has 5 aromatic carbocycles. The van der Waals surface area contributed by atoms with Crippen molar-refractivity contribution in [2.24, 2.45) is 0 Å². The Kier molecular flexibility index (Phi) is 24.7. The van der Waals surface area contributed by atoms with E-state index in [9.17, 15) is 13.2 Å². The van der Waals surface area contributed by atoms with Crippen LogP contribution in [0.2, 0.25) is 0 Å². The van der Waals surface area contributed by atoms with Gasteiger partial charge in [0.2, 0.25) is 11.4 Å². The Balaban J connectivity index is 0.000000243. The third kappa shape index (κ3) is 22.1. The van der Waals surface area contributed by atoms with Crippen molar-refractivity contribution in [1.29, 1.82) is 0 Å². The summed E-state index contributed by atoms with van der Waals surface area (Å²) >= 11 is 0. The van der Waals surface area contributed by atoms with Gasteiger partial charge in [-0.1, -0.05) is 98.8 Å². The maximum Gasteiger partial charge on any atom is 0.522 e. The molecule has 3 N–H and O–H groups in total. The summed E-state index contributed by atoms with van der Waals surface area (Å²) in [6, 6.07) is 66.2. The molecule has 14 nitrogen and oxygen atoms in total. The minimum absolute atomic E-state index is 0. The number of aromatic nitrogens is 7. The molecule has 0 atom stereocenters. The molecule has 0 aliphatic rings. The fourth-order valence-corrected chi connectivity index (χ4v) is 9.13. The standard InChI is InChI=1S/C20H18N2O.C20H17N2O.3C12H10N.CHF3O3S.2CH4O.2Ir/c2*1-12(2)17-11-22-18(10-13(17)3)16-7-4-6-14-15-8-5-9-21-20(15)23-19(14)16;3*1-10-7-8-12(13-9-10)11-5-3-2-4-6-11;2-1(3,4)8(5,6)7;2*1-2;;/h4-12H,1-3H3;4-6,8-12H,1-3H3;3*2-5,7-9H,1H3;(H,5,6,7);2*2H,1H3;;/q;4*-1;;;;;/i2*3D3;2*1D3;;;;;;. The second kappa shape index (κ2) is 38.7. The number of para-hydroxylation sites is 1. The first-order valence-electron chi connectivity index (χ1n) is 35.6. The molecular weight excluding hydrogens is 1630 g/mol. The first kappa shape index (κ1) is 63.1. The molecule has 9 aromatic heterocycles. The van der Waals surface area contributed by atoms with Crippen LogP contribution in [0.5, 0.6) is 0 Å². The molecule has 9 heterocycles. The van der Waals surface area contributed by atoms with Gasteiger partial charge in [-0.25, -0.2) is 9.97 Å². The number of aliphatic hydroxyl groups excluding tert-OH is 2. The van der Waals surface area contributed by atoms with Crippen molar-refractivity contribution in [1.82, 2.24) is 34.9 Å². The number of benzene rings is 5. The van der Waals surface area contributed by atoms with Crippen molar-refractivity contribution in [2.75, 3.05) is 14.2 Å². The number of hydrogen-bond donors (Lipinski definition) is 3. The van der Waals surface area contributed by atoms with Gasteiger partial charge in [0.25, 0.3) is 0 Å². The molecule has 20 heteroatoms. The zero-order valence-electron chi connectivity index (χ0n) is 66.3. The van der Waals surface area contributed by atoms with Crippen molar-refractivity contribution in [2.45, 2.75) is 79.4 Å². The summed E-state index contributed by atoms with van der Waals surface area (Å²) in [5.74, 6) is 0.153. The van der Waals surface area contributed by atoms with Crippen LogP contribution in [0.1, 0.15) is 94.9 Å². The smallest absolute Gasteiger partial charge is 0.486 e. The fourth-order valence-electron chi connectivity index (χ4n) is 9.13. The van der Waals surface area contributed by atoms with Crippen LogP contribution in [-0.4, -0.2) is 77.8 Å². The molecule has 0 amide bonds. The Morgan fingerprint density at radius 3 is 1.24 bits per heavy atom. The van der Waals surface area contributed by atoms with Gasteiger partial charge in [0.05, 0.1) is 11.3 Å². The monoisotopic (exact) mass is 1720 g/mol. The number of pyridine rings is 7. The maximum absolute atomic E-state index is 10.7. The fraction of sp³-hybridized carbons (Fsp3) is 0.177. The Morgan fingerprint density at radius 2 is 0.848 bits per heavy atom. The molecule has 516 valence electrons. The van der Waals surface area contributed by atoms with Crippen LogP contribution in [0.25, 0.3) is 100 Å². The van der Waals surface area contributed by atoms with Gasteiger partial charge >= 0.3 is 15.6 Å². The molecular formula is C79H74F3Ir2N7O7S-4. The van der Waals surface area contributed by atoms with Crippen molar-refractivity contribution >= 4 is 54.3 Å². The van der Waals surface area contributed by atoms with Crippen molar-refractivity contribution in [3.63, 3.8) is 0 Å². The summed E-state index contributed by atoms with van der Waals surface area (Å²) < 4.78 is 160. The van der Waals surface area contributed by atoms with Gasteiger partial charge in [-0.15, -0.1) is 126 Å². The Hall–Kier alpha value is -9.33. The first-order chi connectivity index (χ1) is 51.5. The van der Waals surface area contributed by atoms with E-state index in [2.05, 4.69) is 65.2 Å². The van der Waals surface area contributed by atoms with Gasteiger partial charge in [0.15, 0.2) is 0 Å². The van der Waals surface area contributed by atoms with Crippen LogP contribution in [-0.2, 0) is 50.3 Å². The van der Waals surface area contributed by atoms with Crippen molar-refractivity contribution in [3.8, 4) is 56.3 Å². The molecule has 0 spiro atoms. The molecule has 99 heavy (non-hydrogen) atoms. The summed E-state index contributed by atoms with van der Waals surface area (Å²) in [6.45, 7) is 1.31. The SMILES string of the molecule is CO.CO.Cc1ccc(-c2[c-]cccc2)nc1.O=S(=O)(O)C(F)(F)F.[2H]C([2H])([2H])c1cc(-c2[c-]ccc3c2oc2ncccc23)ncc1C(C)C.[2H]C([2H])([2H])c1cc(-c2cccc3c2oc2ncccc23)ncc1C(C)C.[2H]C([2H])([2H])c1ccc(-c2[c-]cccc2)nc1.[2H]C([2H])([2H])c1ccc(-c2[c-]cccc2)nc1.[Ir].[Ir]. The van der Waals surface area contributed by atoms with E-state index in [4.69, 9.17) is 48.5 Å². The molecule has 0 unspecified atom stereocenters. The molecule has 14 aromatic rings. The molecule has 14 rings (SSSR count). The topological polar surface area (TPSA) is 211 Å². The number of rotatable bonds is 7. The summed E-state index contributed by atoms with van der Waals surface area (Å²) in [5.41, 5.74) is 8.40. The average Bonchev–Trinajstić information content (AvgIpc) is 1.64. The van der Waals surface area contributed by atoms with Gasteiger partial charge in [-0.2, -0.15) is 21.6 Å². The minimum atomic E-state index is -5.84. The third-order valence-electron chi connectivity index (χ3n) is 13.8. The van der Waals surface area contributed by atoms with E-state index in [-0.39, 0.29) is 63.2 Å². The van der Waals surface area contributed by atoms with E-state index in [1.54, 1.807) is 79.4 Å². The minimum Gasteiger partial charge on any atom is -0.486 e. The molecule has 0 aliphatic carbocycles. The van der Waals surface area contributed by atoms with E-state index in [0.717, 1.165) is 86.2 Å². The quantitative estimate of drug-likeness (QED) is 0.0770. The van der Waals surface area contributed by atoms with Gasteiger partial charge in [0.1, 0.15) is 5.58 Å². The average molecular weight is 1720 g/mol. The van der Waals surface area contributed by atoms with E-state index in [1.165, 1.54) is 18.0 Å². The van der Waals surface area contributed by atoms with E-state index in [0.29, 0.717) is 50.7 Å². The van der Waals surface area contributed by atoms with Crippen LogP contribution >= 0.6 is 0 Å². The van der Waals surface area contributed by atoms with Gasteiger partial charge in [-0.3, -0.25) is 9.54 Å². The summed E-state index contributed by atoms with van der Waals surface area (Å²) in [4.78, 5) is 30.1. The largest absolute Gasteiger partial charge is 0.522 e. The van der Waals surface area contributed by atoms with Gasteiger partial charge < -0.3 is 39.0 Å². The molecule has 0 bridgehead atoms. The van der Waals surface area contributed by atoms with Crippen LogP contribution in [0.15, 0.2) is 228 Å². The number of aliphatic hydroxyl groups is 2. The zero-order valence-corrected chi connectivity index (χ0v) is 59.9. The second-order valence-electron chi connectivity index (χ2n) is 21.2. The zero-order chi connectivity index (χ0) is 80.2. The normalized spacial score (nSPS) is 12.9. The number of hydrogen-bond acceptors (Lipinski definition) is 13. The van der Waals surface area contributed by atoms with Crippen LogP contribution in [0.3, 0.4) is 0 Å². The van der Waals surface area contributed by atoms with Gasteiger partial charge in [-0.05, 0) is 139 Å². The Labute approximate surface area is 619 Å². The molecule has 0 fully saturated rings. The van der Waals surface area contributed by atoms with E-state index >= 15 is 0 Å². The predicted molar refractivity (Wildman–Crippen MR) is 380 cm³/mol. The summed E-state index contributed by atoms with van der Waals surface area (Å²) in [5, 5.41) is 17.7. The molecule has 0 aliphatic heterocycles. The van der Waals surface area contributed by atoms with Crippen LogP contribution in [0.4, 0.5) is 13.2 Å².